The molecule has 0 saturated carbocycles. The predicted octanol–water partition coefficient (Wildman–Crippen LogP) is 0.461. The molecule has 1 rings (SSSR count). The Kier molecular flexibility index (Phi) is 2.09. The highest BCUT2D eigenvalue weighted by Crippen LogP contribution is 2.20. The van der Waals surface area contributed by atoms with E-state index in [9.17, 15) is 0 Å². The monoisotopic (exact) mass is 129 g/mol. The van der Waals surface area contributed by atoms with Gasteiger partial charge < -0.3 is 5.11 Å². The molecule has 1 saturated heterocycles. The van der Waals surface area contributed by atoms with Crippen molar-refractivity contribution < 1.29 is 5.11 Å². The van der Waals surface area contributed by atoms with E-state index in [0.717, 1.165) is 6.42 Å². The molecule has 0 amide bonds. The van der Waals surface area contributed by atoms with Crippen LogP contribution in [0, 0.1) is 0 Å². The second-order valence-corrected chi connectivity index (χ2v) is 2.93. The molecule has 2 atom stereocenters. The Hall–Kier alpha value is -0.0800. The second kappa shape index (κ2) is 2.67. The zero-order valence-corrected chi connectivity index (χ0v) is 6.17. The van der Waals surface area contributed by atoms with E-state index >= 15 is 0 Å². The number of hydrogen-bond donors (Lipinski definition) is 1. The van der Waals surface area contributed by atoms with Crippen molar-refractivity contribution in [3.8, 4) is 0 Å². The molecule has 0 spiro atoms. The second-order valence-electron chi connectivity index (χ2n) is 2.93. The molecule has 1 heterocycles. The third-order valence-electron chi connectivity index (χ3n) is 2.40. The number of aliphatic hydroxyl groups excluding tert-OH is 1. The van der Waals surface area contributed by atoms with Crippen LogP contribution in [0.2, 0.25) is 0 Å². The molecule has 0 bridgehead atoms. The number of rotatable bonds is 1. The maximum absolute atomic E-state index is 8.81. The highest BCUT2D eigenvalue weighted by Gasteiger charge is 2.25. The van der Waals surface area contributed by atoms with E-state index in [0.29, 0.717) is 18.7 Å². The average Bonchev–Trinajstić information content (AvgIpc) is 2.15. The average molecular weight is 129 g/mol. The van der Waals surface area contributed by atoms with E-state index in [1.54, 1.807) is 0 Å². The molecule has 1 aliphatic rings. The molecule has 0 aromatic heterocycles. The molecule has 1 fully saturated rings. The van der Waals surface area contributed by atoms with Gasteiger partial charge in [0.25, 0.3) is 0 Å². The summed E-state index contributed by atoms with van der Waals surface area (Å²) >= 11 is 0. The first-order valence-electron chi connectivity index (χ1n) is 3.58. The quantitative estimate of drug-likeness (QED) is 0.556. The van der Waals surface area contributed by atoms with Crippen molar-refractivity contribution in [2.45, 2.75) is 31.8 Å². The van der Waals surface area contributed by atoms with Crippen molar-refractivity contribution in [1.82, 2.24) is 4.90 Å². The summed E-state index contributed by atoms with van der Waals surface area (Å²) in [5, 5.41) is 8.81. The van der Waals surface area contributed by atoms with Crippen LogP contribution in [0.15, 0.2) is 0 Å². The van der Waals surface area contributed by atoms with Crippen LogP contribution in [0.3, 0.4) is 0 Å². The smallest absolute Gasteiger partial charge is 0.0586 e. The summed E-state index contributed by atoms with van der Waals surface area (Å²) in [6.07, 6.45) is 2.40. The van der Waals surface area contributed by atoms with Crippen molar-refractivity contribution in [1.29, 1.82) is 0 Å². The van der Waals surface area contributed by atoms with Gasteiger partial charge in [-0.3, -0.25) is 4.90 Å². The van der Waals surface area contributed by atoms with Gasteiger partial charge in [-0.15, -0.1) is 0 Å². The zero-order valence-electron chi connectivity index (χ0n) is 6.17. The first-order valence-corrected chi connectivity index (χ1v) is 3.58. The van der Waals surface area contributed by atoms with E-state index in [1.807, 2.05) is 0 Å². The summed E-state index contributed by atoms with van der Waals surface area (Å²) in [6.45, 7) is 2.52. The van der Waals surface area contributed by atoms with Crippen LogP contribution in [0.1, 0.15) is 19.8 Å². The molecule has 0 aliphatic carbocycles. The lowest BCUT2D eigenvalue weighted by Crippen LogP contribution is -2.32. The van der Waals surface area contributed by atoms with E-state index in [-0.39, 0.29) is 0 Å². The van der Waals surface area contributed by atoms with Gasteiger partial charge in [-0.25, -0.2) is 0 Å². The molecular weight excluding hydrogens is 114 g/mol. The van der Waals surface area contributed by atoms with Crippen molar-refractivity contribution in [2.75, 3.05) is 13.7 Å². The molecule has 0 radical (unpaired) electrons. The van der Waals surface area contributed by atoms with E-state index < -0.39 is 0 Å². The zero-order chi connectivity index (χ0) is 6.85. The lowest BCUT2D eigenvalue weighted by atomic mass is 10.2. The Morgan fingerprint density at radius 2 is 2.22 bits per heavy atom. The Morgan fingerprint density at radius 3 is 2.44 bits per heavy atom. The summed E-state index contributed by atoms with van der Waals surface area (Å²) in [4.78, 5) is 2.25. The normalized spacial score (nSPS) is 37.7. The molecular formula is C7H15NO. The molecule has 1 N–H and O–H groups in total. The summed E-state index contributed by atoms with van der Waals surface area (Å²) in [6, 6.07) is 1.10. The molecule has 2 heteroatoms. The number of likely N-dealkylation sites (N-methyl/N-ethyl adjacent to an activating group) is 1. The van der Waals surface area contributed by atoms with Gasteiger partial charge in [0.1, 0.15) is 0 Å². The van der Waals surface area contributed by atoms with Crippen molar-refractivity contribution >= 4 is 0 Å². The topological polar surface area (TPSA) is 23.5 Å². The number of likely N-dealkylation sites (tertiary alicyclic amines) is 1. The number of nitrogens with zero attached hydrogens (tertiary/aromatic N) is 1. The van der Waals surface area contributed by atoms with Gasteiger partial charge >= 0.3 is 0 Å². The Bertz CT molecular complexity index is 94.9. The fourth-order valence-corrected chi connectivity index (χ4v) is 1.42. The maximum atomic E-state index is 8.81. The lowest BCUT2D eigenvalue weighted by Gasteiger charge is -2.20. The van der Waals surface area contributed by atoms with Crippen LogP contribution in [-0.2, 0) is 0 Å². The van der Waals surface area contributed by atoms with Crippen molar-refractivity contribution in [2.24, 2.45) is 0 Å². The molecule has 54 valence electrons. The summed E-state index contributed by atoms with van der Waals surface area (Å²) in [5.41, 5.74) is 0. The summed E-state index contributed by atoms with van der Waals surface area (Å²) in [7, 11) is 2.08. The van der Waals surface area contributed by atoms with Crippen LogP contribution in [-0.4, -0.2) is 35.7 Å². The summed E-state index contributed by atoms with van der Waals surface area (Å²) in [5.74, 6) is 0. The van der Waals surface area contributed by atoms with Gasteiger partial charge in [0, 0.05) is 12.1 Å². The number of aliphatic hydroxyl groups is 1. The predicted molar refractivity (Wildman–Crippen MR) is 37.3 cm³/mol. The van der Waals surface area contributed by atoms with Gasteiger partial charge in [0.2, 0.25) is 0 Å². The first kappa shape index (κ1) is 7.03. The van der Waals surface area contributed by atoms with E-state index in [4.69, 9.17) is 5.11 Å². The van der Waals surface area contributed by atoms with Crippen LogP contribution in [0.4, 0.5) is 0 Å². The minimum atomic E-state index is 0.320. The Morgan fingerprint density at radius 1 is 1.56 bits per heavy atom. The SMILES string of the molecule is C[C@@H]1CC[C@@H](CO)N1C. The fraction of sp³-hybridized carbons (Fsp3) is 1.00. The molecule has 0 aromatic carbocycles. The third kappa shape index (κ3) is 1.25. The first-order chi connectivity index (χ1) is 4.25. The molecule has 0 unspecified atom stereocenters. The van der Waals surface area contributed by atoms with Gasteiger partial charge in [-0.2, -0.15) is 0 Å². The Labute approximate surface area is 56.5 Å². The van der Waals surface area contributed by atoms with Crippen LogP contribution in [0.25, 0.3) is 0 Å². The largest absolute Gasteiger partial charge is 0.395 e. The third-order valence-corrected chi connectivity index (χ3v) is 2.40. The van der Waals surface area contributed by atoms with Crippen molar-refractivity contribution in [3.05, 3.63) is 0 Å². The van der Waals surface area contributed by atoms with E-state index in [1.165, 1.54) is 6.42 Å². The molecule has 0 aromatic rings. The van der Waals surface area contributed by atoms with E-state index in [2.05, 4.69) is 18.9 Å². The summed E-state index contributed by atoms with van der Waals surface area (Å²) < 4.78 is 0. The molecule has 2 nitrogen and oxygen atoms in total. The van der Waals surface area contributed by atoms with Gasteiger partial charge in [-0.1, -0.05) is 0 Å². The molecule has 9 heavy (non-hydrogen) atoms. The Balaban J connectivity index is 2.41. The number of hydrogen-bond acceptors (Lipinski definition) is 2. The van der Waals surface area contributed by atoms with Gasteiger partial charge in [0.15, 0.2) is 0 Å². The fourth-order valence-electron chi connectivity index (χ4n) is 1.42. The minimum absolute atomic E-state index is 0.320. The molecule has 1 aliphatic heterocycles. The maximum Gasteiger partial charge on any atom is 0.0586 e. The van der Waals surface area contributed by atoms with Crippen LogP contribution < -0.4 is 0 Å². The lowest BCUT2D eigenvalue weighted by molar-refractivity contribution is 0.161. The van der Waals surface area contributed by atoms with Crippen molar-refractivity contribution in [3.63, 3.8) is 0 Å². The minimum Gasteiger partial charge on any atom is -0.395 e. The van der Waals surface area contributed by atoms with Gasteiger partial charge in [0.05, 0.1) is 6.61 Å². The highest BCUT2D eigenvalue weighted by atomic mass is 16.3. The van der Waals surface area contributed by atoms with Gasteiger partial charge in [-0.05, 0) is 26.8 Å². The highest BCUT2D eigenvalue weighted by molar-refractivity contribution is 4.81. The van der Waals surface area contributed by atoms with Crippen LogP contribution >= 0.6 is 0 Å². The van der Waals surface area contributed by atoms with Crippen LogP contribution in [0.5, 0.6) is 0 Å². The standard InChI is InChI=1S/C7H15NO/c1-6-3-4-7(5-9)8(6)2/h6-7,9H,3-5H2,1-2H3/t6-,7+/m1/s1.